The van der Waals surface area contributed by atoms with E-state index in [-0.39, 0.29) is 17.6 Å². The number of benzene rings is 2. The minimum absolute atomic E-state index is 0.148. The van der Waals surface area contributed by atoms with Gasteiger partial charge in [-0.15, -0.1) is 0 Å². The number of likely N-dealkylation sites (tertiary alicyclic amines) is 1. The van der Waals surface area contributed by atoms with Crippen LogP contribution in [0.25, 0.3) is 0 Å². The van der Waals surface area contributed by atoms with E-state index in [1.165, 1.54) is 11.1 Å². The first-order valence-corrected chi connectivity index (χ1v) is 12.1. The lowest BCUT2D eigenvalue weighted by Crippen LogP contribution is -2.77. The van der Waals surface area contributed by atoms with Crippen molar-refractivity contribution < 1.29 is 19.4 Å². The van der Waals surface area contributed by atoms with E-state index in [0.29, 0.717) is 18.8 Å². The molecule has 0 amide bonds. The molecule has 6 rings (SSSR count). The molecule has 0 radical (unpaired) electrons. The third-order valence-corrected chi connectivity index (χ3v) is 8.55. The normalized spacial score (nSPS) is 32.5. The number of nitrogens with zero attached hydrogens (tertiary/aromatic N) is 1. The van der Waals surface area contributed by atoms with Crippen molar-refractivity contribution in [3.05, 3.63) is 59.2 Å². The van der Waals surface area contributed by atoms with E-state index in [0.717, 1.165) is 50.8 Å². The highest BCUT2D eigenvalue weighted by Crippen LogP contribution is 2.65. The van der Waals surface area contributed by atoms with E-state index in [2.05, 4.69) is 36.1 Å². The van der Waals surface area contributed by atoms with E-state index in [9.17, 15) is 9.90 Å². The molecule has 0 aromatic heterocycles. The minimum Gasteiger partial charge on any atom is -0.504 e. The smallest absolute Gasteiger partial charge is 0.174 e. The molecule has 1 saturated carbocycles. The summed E-state index contributed by atoms with van der Waals surface area (Å²) in [6.07, 6.45) is 4.29. The number of likely N-dealkylation sites (N-methyl/N-ethyl adjacent to an activating group) is 1. The van der Waals surface area contributed by atoms with Crippen LogP contribution in [-0.2, 0) is 27.8 Å². The average Bonchev–Trinajstić information content (AvgIpc) is 3.17. The Morgan fingerprint density at radius 2 is 2.03 bits per heavy atom. The van der Waals surface area contributed by atoms with Crippen LogP contribution in [-0.4, -0.2) is 53.2 Å². The number of carbonyl (C=O) groups is 1. The van der Waals surface area contributed by atoms with Crippen LogP contribution in [0, 0.1) is 0 Å². The number of phenolic OH excluding ortho intramolecular Hbond substituents is 1. The molecular weight excluding hydrogens is 402 g/mol. The van der Waals surface area contributed by atoms with Crippen LogP contribution in [0.3, 0.4) is 0 Å². The third kappa shape index (κ3) is 2.55. The Kier molecular flexibility index (Phi) is 4.63. The summed E-state index contributed by atoms with van der Waals surface area (Å²) in [5, 5.41) is 10.6. The lowest BCUT2D eigenvalue weighted by Gasteiger charge is -2.64. The van der Waals surface area contributed by atoms with Gasteiger partial charge in [0.05, 0.1) is 11.0 Å². The van der Waals surface area contributed by atoms with Crippen LogP contribution in [0.5, 0.6) is 11.5 Å². The maximum atomic E-state index is 13.2. The highest BCUT2D eigenvalue weighted by atomic mass is 16.5. The zero-order chi connectivity index (χ0) is 21.9. The highest BCUT2D eigenvalue weighted by Gasteiger charge is 2.74. The van der Waals surface area contributed by atoms with Gasteiger partial charge in [-0.05, 0) is 62.4 Å². The number of phenols is 1. The van der Waals surface area contributed by atoms with Gasteiger partial charge in [0.25, 0.3) is 0 Å². The first-order valence-electron chi connectivity index (χ1n) is 12.1. The molecule has 2 fully saturated rings. The van der Waals surface area contributed by atoms with Crippen LogP contribution in [0.4, 0.5) is 0 Å². The van der Waals surface area contributed by atoms with E-state index in [4.69, 9.17) is 9.47 Å². The molecule has 1 saturated heterocycles. The SMILES string of the molecule is CCN1CC[C@]23c4c5ccc(O)c4O[C@H]2C(=O)CC[C@@]3(OCCCc2ccccc2)C1C5. The van der Waals surface area contributed by atoms with Crippen molar-refractivity contribution in [2.24, 2.45) is 0 Å². The number of aryl methyl sites for hydroxylation is 1. The van der Waals surface area contributed by atoms with E-state index in [1.54, 1.807) is 6.07 Å². The van der Waals surface area contributed by atoms with Crippen molar-refractivity contribution in [2.45, 2.75) is 68.6 Å². The summed E-state index contributed by atoms with van der Waals surface area (Å²) in [6.45, 7) is 4.78. The standard InChI is InChI=1S/C27H31NO4/c1-2-28-15-14-26-23-19-10-11-20(29)24(23)32-25(26)21(30)12-13-27(26,22(28)17-19)31-16-6-9-18-7-4-3-5-8-18/h3-5,7-8,10-11,22,25,29H,2,6,9,12-17H2,1H3/t22?,25-,26-,27+/m0/s1. The molecule has 1 spiro atoms. The van der Waals surface area contributed by atoms with Gasteiger partial charge in [0.1, 0.15) is 0 Å². The molecular formula is C27H31NO4. The second-order valence-corrected chi connectivity index (χ2v) is 9.81. The Labute approximate surface area is 189 Å². The zero-order valence-corrected chi connectivity index (χ0v) is 18.7. The lowest BCUT2D eigenvalue weighted by atomic mass is 9.48. The quantitative estimate of drug-likeness (QED) is 0.703. The molecule has 2 aromatic rings. The first kappa shape index (κ1) is 20.3. The van der Waals surface area contributed by atoms with E-state index >= 15 is 0 Å². The third-order valence-electron chi connectivity index (χ3n) is 8.55. The number of hydrogen-bond donors (Lipinski definition) is 1. The number of ether oxygens (including phenoxy) is 2. The van der Waals surface area contributed by atoms with Gasteiger partial charge in [-0.1, -0.05) is 43.3 Å². The van der Waals surface area contributed by atoms with Crippen LogP contribution < -0.4 is 4.74 Å². The fraction of sp³-hybridized carbons (Fsp3) is 0.519. The number of hydrogen-bond acceptors (Lipinski definition) is 5. The van der Waals surface area contributed by atoms with Crippen molar-refractivity contribution in [2.75, 3.05) is 19.7 Å². The first-order chi connectivity index (χ1) is 15.6. The molecule has 2 aliphatic heterocycles. The van der Waals surface area contributed by atoms with Gasteiger partial charge in [0.2, 0.25) is 0 Å². The Bertz CT molecular complexity index is 1050. The molecule has 1 unspecified atom stereocenters. The van der Waals surface area contributed by atoms with Gasteiger partial charge < -0.3 is 14.6 Å². The van der Waals surface area contributed by atoms with Gasteiger partial charge >= 0.3 is 0 Å². The predicted octanol–water partition coefficient (Wildman–Crippen LogP) is 3.79. The van der Waals surface area contributed by atoms with Crippen LogP contribution in [0.15, 0.2) is 42.5 Å². The highest BCUT2D eigenvalue weighted by molar-refractivity contribution is 5.90. The van der Waals surface area contributed by atoms with Gasteiger partial charge in [0.15, 0.2) is 23.4 Å². The van der Waals surface area contributed by atoms with E-state index < -0.39 is 17.1 Å². The largest absolute Gasteiger partial charge is 0.504 e. The number of ketones is 1. The fourth-order valence-corrected chi connectivity index (χ4v) is 7.23. The van der Waals surface area contributed by atoms with Crippen molar-refractivity contribution >= 4 is 5.78 Å². The summed E-state index contributed by atoms with van der Waals surface area (Å²) in [7, 11) is 0. The maximum absolute atomic E-state index is 13.2. The summed E-state index contributed by atoms with van der Waals surface area (Å²) in [5.41, 5.74) is 2.65. The van der Waals surface area contributed by atoms with Gasteiger partial charge in [-0.25, -0.2) is 0 Å². The number of piperidine rings is 1. The van der Waals surface area contributed by atoms with Gasteiger partial charge in [-0.2, -0.15) is 0 Å². The van der Waals surface area contributed by atoms with Crippen LogP contribution >= 0.6 is 0 Å². The van der Waals surface area contributed by atoms with E-state index in [1.807, 2.05) is 12.1 Å². The van der Waals surface area contributed by atoms with Gasteiger partial charge in [-0.3, -0.25) is 9.69 Å². The predicted molar refractivity (Wildman–Crippen MR) is 121 cm³/mol. The average molecular weight is 434 g/mol. The molecule has 32 heavy (non-hydrogen) atoms. The summed E-state index contributed by atoms with van der Waals surface area (Å²) >= 11 is 0. The number of carbonyl (C=O) groups excluding carboxylic acids is 1. The van der Waals surface area contributed by atoms with Gasteiger partial charge in [0, 0.05) is 24.6 Å². The van der Waals surface area contributed by atoms with Crippen molar-refractivity contribution in [3.63, 3.8) is 0 Å². The Hall–Kier alpha value is -2.37. The molecule has 4 aliphatic rings. The van der Waals surface area contributed by atoms with Crippen molar-refractivity contribution in [3.8, 4) is 11.5 Å². The molecule has 2 aliphatic carbocycles. The Morgan fingerprint density at radius 1 is 1.19 bits per heavy atom. The summed E-state index contributed by atoms with van der Waals surface area (Å²) in [4.78, 5) is 15.7. The summed E-state index contributed by atoms with van der Waals surface area (Å²) < 4.78 is 13.3. The molecule has 1 N–H and O–H groups in total. The Balaban J connectivity index is 1.40. The van der Waals surface area contributed by atoms with Crippen molar-refractivity contribution in [1.29, 1.82) is 0 Å². The molecule has 168 valence electrons. The molecule has 4 atom stereocenters. The van der Waals surface area contributed by atoms with Crippen molar-refractivity contribution in [1.82, 2.24) is 4.90 Å². The topological polar surface area (TPSA) is 59.0 Å². The number of Topliss-reactive ketones (excluding diaryl/α,β-unsaturated/α-hetero) is 1. The minimum atomic E-state index is -0.547. The molecule has 5 heteroatoms. The fourth-order valence-electron chi connectivity index (χ4n) is 7.23. The summed E-state index contributed by atoms with van der Waals surface area (Å²) in [6, 6.07) is 14.5. The van der Waals surface area contributed by atoms with Crippen LogP contribution in [0.1, 0.15) is 49.3 Å². The lowest BCUT2D eigenvalue weighted by molar-refractivity contribution is -0.212. The zero-order valence-electron chi connectivity index (χ0n) is 18.7. The maximum Gasteiger partial charge on any atom is 0.174 e. The molecule has 5 nitrogen and oxygen atoms in total. The second kappa shape index (κ2) is 7.32. The molecule has 2 heterocycles. The summed E-state index contributed by atoms with van der Waals surface area (Å²) in [5.74, 6) is 0.832. The van der Waals surface area contributed by atoms with Crippen LogP contribution in [0.2, 0.25) is 0 Å². The monoisotopic (exact) mass is 433 g/mol. The molecule has 2 bridgehead atoms. The number of rotatable bonds is 6. The number of aromatic hydroxyl groups is 1. The second-order valence-electron chi connectivity index (χ2n) is 9.81. The Morgan fingerprint density at radius 3 is 2.84 bits per heavy atom. The molecule has 2 aromatic carbocycles.